The van der Waals surface area contributed by atoms with Crippen LogP contribution < -0.4 is 11.1 Å². The number of nitrogens with two attached hydrogens (primary N) is 1. The lowest BCUT2D eigenvalue weighted by Gasteiger charge is -2.26. The van der Waals surface area contributed by atoms with Crippen molar-refractivity contribution in [3.8, 4) is 0 Å². The highest BCUT2D eigenvalue weighted by molar-refractivity contribution is 6.02. The molecule has 1 amide bonds. The fourth-order valence-corrected chi connectivity index (χ4v) is 3.03. The summed E-state index contributed by atoms with van der Waals surface area (Å²) in [5.74, 6) is 0.822. The average Bonchev–Trinajstić information content (AvgIpc) is 3.46. The third kappa shape index (κ3) is 3.64. The molecule has 1 aliphatic heterocycles. The number of allylic oxidation sites excluding steroid dienone is 1. The van der Waals surface area contributed by atoms with E-state index in [2.05, 4.69) is 25.3 Å². The molecule has 8 heteroatoms. The quantitative estimate of drug-likeness (QED) is 0.861. The number of carbonyl (C=O) groups is 1. The Morgan fingerprint density at radius 2 is 2.11 bits per heavy atom. The second-order valence-electron chi connectivity index (χ2n) is 6.94. The van der Waals surface area contributed by atoms with Gasteiger partial charge in [0.2, 0.25) is 0 Å². The lowest BCUT2D eigenvalue weighted by Crippen LogP contribution is -2.30. The van der Waals surface area contributed by atoms with Crippen LogP contribution in [0.3, 0.4) is 0 Å². The number of anilines is 1. The maximum atomic E-state index is 12.5. The maximum absolute atomic E-state index is 12.5. The van der Waals surface area contributed by atoms with Crippen LogP contribution in [0.2, 0.25) is 0 Å². The summed E-state index contributed by atoms with van der Waals surface area (Å²) in [5, 5.41) is 2.83. The van der Waals surface area contributed by atoms with Gasteiger partial charge in [0.1, 0.15) is 17.0 Å². The topological polar surface area (TPSA) is 115 Å². The van der Waals surface area contributed by atoms with Crippen LogP contribution in [0.25, 0.3) is 0 Å². The van der Waals surface area contributed by atoms with Crippen LogP contribution in [0.15, 0.2) is 47.6 Å². The van der Waals surface area contributed by atoms with Gasteiger partial charge in [-0.2, -0.15) is 0 Å². The molecular formula is C19H20N6O2. The zero-order chi connectivity index (χ0) is 19.0. The van der Waals surface area contributed by atoms with Crippen LogP contribution in [0.4, 0.5) is 5.69 Å². The van der Waals surface area contributed by atoms with E-state index in [1.165, 1.54) is 6.20 Å². The van der Waals surface area contributed by atoms with Gasteiger partial charge in [0.15, 0.2) is 0 Å². The van der Waals surface area contributed by atoms with Gasteiger partial charge >= 0.3 is 0 Å². The molecule has 2 aromatic rings. The zero-order valence-corrected chi connectivity index (χ0v) is 15.1. The van der Waals surface area contributed by atoms with E-state index in [4.69, 9.17) is 10.5 Å². The minimum absolute atomic E-state index is 0.0831. The predicted molar refractivity (Wildman–Crippen MR) is 100 cm³/mol. The number of hydrogen-bond donors (Lipinski definition) is 2. The number of ether oxygens (including phenoxy) is 1. The number of rotatable bonds is 4. The van der Waals surface area contributed by atoms with Gasteiger partial charge in [-0.25, -0.2) is 9.98 Å². The van der Waals surface area contributed by atoms with Gasteiger partial charge in [-0.05, 0) is 44.9 Å². The van der Waals surface area contributed by atoms with Crippen molar-refractivity contribution in [1.29, 1.82) is 0 Å². The number of aliphatic imine (C=N–C) groups is 1. The maximum Gasteiger partial charge on any atom is 0.288 e. The summed E-state index contributed by atoms with van der Waals surface area (Å²) in [6, 6.07) is 3.55. The second-order valence-corrected chi connectivity index (χ2v) is 6.94. The second kappa shape index (κ2) is 6.46. The van der Waals surface area contributed by atoms with Crippen molar-refractivity contribution < 1.29 is 9.53 Å². The van der Waals surface area contributed by atoms with Crippen molar-refractivity contribution in [2.24, 2.45) is 10.7 Å². The number of hydrogen-bond acceptors (Lipinski definition) is 7. The number of carbonyl (C=O) groups excluding carboxylic acids is 1. The molecule has 8 nitrogen and oxygen atoms in total. The number of amidine groups is 1. The standard InChI is InChI=1S/C19H20N6O2/c1-11-8-19(2,25-18(20)27-11)16-7-13(5-6-21-16)24-17(26)15-10-22-14(9-23-15)12-3-4-12/h5-10,12H,3-4H2,1-2H3,(H2,20,25)(H,21,24,26)/t19-/m0/s1. The first-order valence-corrected chi connectivity index (χ1v) is 8.75. The third-order valence-electron chi connectivity index (χ3n) is 4.53. The average molecular weight is 364 g/mol. The molecule has 2 aliphatic rings. The summed E-state index contributed by atoms with van der Waals surface area (Å²) in [7, 11) is 0. The van der Waals surface area contributed by atoms with Gasteiger partial charge in [-0.1, -0.05) is 0 Å². The Bertz CT molecular complexity index is 929. The number of amides is 1. The van der Waals surface area contributed by atoms with Gasteiger partial charge in [0.05, 0.1) is 17.6 Å². The highest BCUT2D eigenvalue weighted by Gasteiger charge is 2.30. The smallest absolute Gasteiger partial charge is 0.288 e. The van der Waals surface area contributed by atoms with E-state index >= 15 is 0 Å². The van der Waals surface area contributed by atoms with Crippen LogP contribution >= 0.6 is 0 Å². The first-order valence-electron chi connectivity index (χ1n) is 8.75. The molecule has 0 radical (unpaired) electrons. The van der Waals surface area contributed by atoms with Gasteiger partial charge in [-0.3, -0.25) is 14.8 Å². The number of nitrogens with zero attached hydrogens (tertiary/aromatic N) is 4. The molecule has 1 saturated carbocycles. The van der Waals surface area contributed by atoms with Crippen molar-refractivity contribution in [3.63, 3.8) is 0 Å². The predicted octanol–water partition coefficient (Wildman–Crippen LogP) is 2.47. The highest BCUT2D eigenvalue weighted by atomic mass is 16.5. The molecule has 0 aromatic carbocycles. The Kier molecular flexibility index (Phi) is 4.10. The van der Waals surface area contributed by atoms with Crippen molar-refractivity contribution in [2.75, 3.05) is 5.32 Å². The summed E-state index contributed by atoms with van der Waals surface area (Å²) in [6.07, 6.45) is 8.93. The van der Waals surface area contributed by atoms with Crippen LogP contribution in [-0.2, 0) is 10.3 Å². The van der Waals surface area contributed by atoms with Crippen molar-refractivity contribution in [3.05, 3.63) is 59.6 Å². The van der Waals surface area contributed by atoms with Crippen LogP contribution in [0.1, 0.15) is 54.5 Å². The Morgan fingerprint density at radius 3 is 2.78 bits per heavy atom. The van der Waals surface area contributed by atoms with Crippen LogP contribution in [-0.4, -0.2) is 26.9 Å². The first-order chi connectivity index (χ1) is 12.9. The minimum atomic E-state index is -0.765. The summed E-state index contributed by atoms with van der Waals surface area (Å²) in [4.78, 5) is 29.8. The van der Waals surface area contributed by atoms with Gasteiger partial charge in [-0.15, -0.1) is 0 Å². The van der Waals surface area contributed by atoms with E-state index in [0.29, 0.717) is 23.1 Å². The molecule has 3 N–H and O–H groups in total. The van der Waals surface area contributed by atoms with E-state index in [1.807, 2.05) is 13.0 Å². The molecule has 1 aliphatic carbocycles. The molecule has 0 bridgehead atoms. The monoisotopic (exact) mass is 364 g/mol. The van der Waals surface area contributed by atoms with E-state index in [9.17, 15) is 4.79 Å². The highest BCUT2D eigenvalue weighted by Crippen LogP contribution is 2.38. The molecule has 0 unspecified atom stereocenters. The van der Waals surface area contributed by atoms with Crippen molar-refractivity contribution in [1.82, 2.24) is 15.0 Å². The lowest BCUT2D eigenvalue weighted by atomic mass is 9.96. The summed E-state index contributed by atoms with van der Waals surface area (Å²) < 4.78 is 5.26. The Labute approximate surface area is 156 Å². The van der Waals surface area contributed by atoms with Crippen molar-refractivity contribution in [2.45, 2.75) is 38.1 Å². The Morgan fingerprint density at radius 1 is 1.30 bits per heavy atom. The van der Waals surface area contributed by atoms with E-state index < -0.39 is 5.54 Å². The lowest BCUT2D eigenvalue weighted by molar-refractivity contribution is 0.102. The summed E-state index contributed by atoms with van der Waals surface area (Å²) >= 11 is 0. The Hall–Kier alpha value is -3.29. The minimum Gasteiger partial charge on any atom is -0.431 e. The molecule has 4 rings (SSSR count). The van der Waals surface area contributed by atoms with Gasteiger partial charge < -0.3 is 15.8 Å². The summed E-state index contributed by atoms with van der Waals surface area (Å²) in [5.41, 5.74) is 7.43. The zero-order valence-electron chi connectivity index (χ0n) is 15.1. The number of nitrogens with one attached hydrogen (secondary N) is 1. The molecule has 0 saturated heterocycles. The van der Waals surface area contributed by atoms with E-state index in [1.54, 1.807) is 31.5 Å². The van der Waals surface area contributed by atoms with Gasteiger partial charge in [0.25, 0.3) is 11.9 Å². The third-order valence-corrected chi connectivity index (χ3v) is 4.53. The Balaban J connectivity index is 1.54. The van der Waals surface area contributed by atoms with Crippen LogP contribution in [0, 0.1) is 0 Å². The molecule has 3 heterocycles. The van der Waals surface area contributed by atoms with Crippen molar-refractivity contribution >= 4 is 17.6 Å². The van der Waals surface area contributed by atoms with Crippen LogP contribution in [0.5, 0.6) is 0 Å². The first kappa shape index (κ1) is 17.1. The molecule has 1 fully saturated rings. The SMILES string of the molecule is CC1=C[C@@](C)(c2cc(NC(=O)c3cnc(C4CC4)cn3)ccn2)N=C(N)O1. The molecular weight excluding hydrogens is 344 g/mol. The fraction of sp³-hybridized carbons (Fsp3) is 0.316. The molecule has 2 aromatic heterocycles. The molecule has 138 valence electrons. The molecule has 27 heavy (non-hydrogen) atoms. The summed E-state index contributed by atoms with van der Waals surface area (Å²) in [6.45, 7) is 3.68. The normalized spacial score (nSPS) is 21.7. The number of pyridine rings is 1. The number of aromatic nitrogens is 3. The molecule has 0 spiro atoms. The fourth-order valence-electron chi connectivity index (χ4n) is 3.03. The van der Waals surface area contributed by atoms with E-state index in [-0.39, 0.29) is 17.6 Å². The van der Waals surface area contributed by atoms with E-state index in [0.717, 1.165) is 18.5 Å². The molecule has 1 atom stereocenters. The van der Waals surface area contributed by atoms with Gasteiger partial charge in [0, 0.05) is 24.0 Å². The largest absolute Gasteiger partial charge is 0.431 e.